The van der Waals surface area contributed by atoms with Gasteiger partial charge in [-0.3, -0.25) is 4.68 Å². The molecule has 0 atom stereocenters. The van der Waals surface area contributed by atoms with Crippen LogP contribution in [0.15, 0.2) is 45.8 Å². The van der Waals surface area contributed by atoms with E-state index in [1.807, 2.05) is 0 Å². The van der Waals surface area contributed by atoms with E-state index in [9.17, 15) is 17.6 Å². The predicted molar refractivity (Wildman–Crippen MR) is 95.9 cm³/mol. The number of nitrogens with one attached hydrogen (secondary N) is 1. The number of benzene rings is 1. The first-order valence-corrected chi connectivity index (χ1v) is 10.0. The molecule has 142 valence electrons. The zero-order chi connectivity index (χ0) is 19.6. The first kappa shape index (κ1) is 19.0. The number of sulfone groups is 1. The van der Waals surface area contributed by atoms with Crippen molar-refractivity contribution < 1.29 is 22.7 Å². The topological polar surface area (TPSA) is 114 Å². The molecule has 3 aromatic rings. The minimum atomic E-state index is -3.96. The Bertz CT molecular complexity index is 1090. The lowest BCUT2D eigenvalue weighted by molar-refractivity contribution is 0.194. The highest BCUT2D eigenvalue weighted by Crippen LogP contribution is 2.36. The molecule has 0 saturated heterocycles. The molecule has 0 bridgehead atoms. The van der Waals surface area contributed by atoms with E-state index < -0.39 is 21.7 Å². The van der Waals surface area contributed by atoms with Crippen molar-refractivity contribution in [3.63, 3.8) is 0 Å². The van der Waals surface area contributed by atoms with Crippen molar-refractivity contribution in [1.29, 1.82) is 0 Å². The van der Waals surface area contributed by atoms with Crippen LogP contribution in [0.2, 0.25) is 0 Å². The number of amides is 1. The van der Waals surface area contributed by atoms with Crippen LogP contribution in [0.3, 0.4) is 0 Å². The van der Waals surface area contributed by atoms with Gasteiger partial charge in [0.1, 0.15) is 16.4 Å². The fourth-order valence-electron chi connectivity index (χ4n) is 2.38. The largest absolute Gasteiger partial charge is 0.465 e. The summed E-state index contributed by atoms with van der Waals surface area (Å²) in [5.74, 6) is -0.597. The predicted octanol–water partition coefficient (Wildman–Crippen LogP) is 2.33. The zero-order valence-corrected chi connectivity index (χ0v) is 15.7. The Morgan fingerprint density at radius 3 is 2.74 bits per heavy atom. The number of aromatic nitrogens is 3. The van der Waals surface area contributed by atoms with Gasteiger partial charge in [0.2, 0.25) is 9.84 Å². The number of carboxylic acid groups (broad SMARTS) is 1. The number of hydrogen-bond donors (Lipinski definition) is 2. The summed E-state index contributed by atoms with van der Waals surface area (Å²) in [5, 5.41) is 15.1. The summed E-state index contributed by atoms with van der Waals surface area (Å²) >= 11 is 0.890. The van der Waals surface area contributed by atoms with Crippen LogP contribution < -0.4 is 5.32 Å². The highest BCUT2D eigenvalue weighted by atomic mass is 32.2. The molecule has 2 heterocycles. The molecule has 3 rings (SSSR count). The molecule has 0 fully saturated rings. The molecule has 1 aromatic carbocycles. The van der Waals surface area contributed by atoms with E-state index in [1.54, 1.807) is 13.1 Å². The summed E-state index contributed by atoms with van der Waals surface area (Å²) in [7, 11) is -2.38. The van der Waals surface area contributed by atoms with Crippen molar-refractivity contribution in [2.24, 2.45) is 7.05 Å². The van der Waals surface area contributed by atoms with Crippen LogP contribution in [0.1, 0.15) is 5.01 Å². The fourth-order valence-corrected chi connectivity index (χ4v) is 5.31. The van der Waals surface area contributed by atoms with E-state index in [2.05, 4.69) is 15.4 Å². The van der Waals surface area contributed by atoms with Crippen LogP contribution in [-0.2, 0) is 23.3 Å². The molecule has 0 radical (unpaired) electrons. The smallest absolute Gasteiger partial charge is 0.404 e. The first-order chi connectivity index (χ1) is 12.8. The third kappa shape index (κ3) is 3.98. The zero-order valence-electron chi connectivity index (χ0n) is 14.1. The third-order valence-electron chi connectivity index (χ3n) is 3.62. The van der Waals surface area contributed by atoms with Crippen LogP contribution >= 0.6 is 11.3 Å². The second-order valence-corrected chi connectivity index (χ2v) is 8.79. The van der Waals surface area contributed by atoms with Crippen molar-refractivity contribution in [2.45, 2.75) is 15.5 Å². The van der Waals surface area contributed by atoms with E-state index >= 15 is 0 Å². The number of rotatable bonds is 6. The molecule has 0 unspecified atom stereocenters. The molecule has 0 spiro atoms. The van der Waals surface area contributed by atoms with E-state index in [-0.39, 0.29) is 33.3 Å². The van der Waals surface area contributed by atoms with Crippen molar-refractivity contribution in [3.8, 4) is 11.3 Å². The van der Waals surface area contributed by atoms with Crippen LogP contribution in [0.25, 0.3) is 11.3 Å². The lowest BCUT2D eigenvalue weighted by Gasteiger charge is -2.04. The molecule has 2 aromatic heterocycles. The molecule has 0 aliphatic heterocycles. The number of carbonyl (C=O) groups is 1. The molecular formula is C16H15FN4O4S2. The van der Waals surface area contributed by atoms with Gasteiger partial charge in [0, 0.05) is 31.8 Å². The quantitative estimate of drug-likeness (QED) is 0.645. The summed E-state index contributed by atoms with van der Waals surface area (Å²) in [4.78, 5) is 14.8. The van der Waals surface area contributed by atoms with Gasteiger partial charge in [-0.05, 0) is 12.1 Å². The Kier molecular flexibility index (Phi) is 5.24. The van der Waals surface area contributed by atoms with E-state index in [1.165, 1.54) is 35.3 Å². The minimum absolute atomic E-state index is 0.00674. The second-order valence-electron chi connectivity index (χ2n) is 5.56. The molecule has 8 nitrogen and oxygen atoms in total. The van der Waals surface area contributed by atoms with E-state index in [4.69, 9.17) is 5.11 Å². The number of aryl methyl sites for hydroxylation is 1. The second kappa shape index (κ2) is 7.45. The maximum atomic E-state index is 14.3. The van der Waals surface area contributed by atoms with Gasteiger partial charge in [-0.2, -0.15) is 5.10 Å². The Hall–Kier alpha value is -2.79. The monoisotopic (exact) mass is 410 g/mol. The number of nitrogens with zero attached hydrogens (tertiary/aromatic N) is 3. The lowest BCUT2D eigenvalue weighted by atomic mass is 10.1. The summed E-state index contributed by atoms with van der Waals surface area (Å²) < 4.78 is 41.6. The van der Waals surface area contributed by atoms with Gasteiger partial charge in [0.15, 0.2) is 4.21 Å². The Balaban J connectivity index is 2.09. The SMILES string of the molecule is Cn1cc(S(=O)(=O)c2sc(CCNC(=O)O)nc2-c2ccccc2F)cn1. The van der Waals surface area contributed by atoms with Crippen LogP contribution in [0.5, 0.6) is 0 Å². The van der Waals surface area contributed by atoms with Gasteiger partial charge in [0.05, 0.1) is 11.2 Å². The van der Waals surface area contributed by atoms with Crippen molar-refractivity contribution in [1.82, 2.24) is 20.1 Å². The van der Waals surface area contributed by atoms with E-state index in [0.29, 0.717) is 5.01 Å². The maximum Gasteiger partial charge on any atom is 0.404 e. The summed E-state index contributed by atoms with van der Waals surface area (Å²) in [6.07, 6.45) is 1.56. The van der Waals surface area contributed by atoms with Crippen LogP contribution in [0, 0.1) is 5.82 Å². The van der Waals surface area contributed by atoms with Crippen molar-refractivity contribution >= 4 is 27.3 Å². The molecular weight excluding hydrogens is 395 g/mol. The number of hydrogen-bond acceptors (Lipinski definition) is 6. The molecule has 11 heteroatoms. The summed E-state index contributed by atoms with van der Waals surface area (Å²) in [6, 6.07) is 5.76. The molecule has 0 aliphatic carbocycles. The van der Waals surface area contributed by atoms with E-state index in [0.717, 1.165) is 11.3 Å². The molecule has 0 saturated carbocycles. The molecule has 2 N–H and O–H groups in total. The van der Waals surface area contributed by atoms with Gasteiger partial charge in [-0.25, -0.2) is 22.6 Å². The highest BCUT2D eigenvalue weighted by molar-refractivity contribution is 7.93. The summed E-state index contributed by atoms with van der Waals surface area (Å²) in [5.41, 5.74) is 0.0703. The van der Waals surface area contributed by atoms with Gasteiger partial charge in [-0.1, -0.05) is 12.1 Å². The number of halogens is 1. The molecule has 27 heavy (non-hydrogen) atoms. The number of thiazole rings is 1. The normalized spacial score (nSPS) is 11.5. The first-order valence-electron chi connectivity index (χ1n) is 7.74. The van der Waals surface area contributed by atoms with Crippen LogP contribution in [0.4, 0.5) is 9.18 Å². The maximum absolute atomic E-state index is 14.3. The van der Waals surface area contributed by atoms with Gasteiger partial charge in [-0.15, -0.1) is 11.3 Å². The average Bonchev–Trinajstić information content (AvgIpc) is 3.22. The minimum Gasteiger partial charge on any atom is -0.465 e. The van der Waals surface area contributed by atoms with Gasteiger partial charge >= 0.3 is 6.09 Å². The Labute approximate surface area is 158 Å². The van der Waals surface area contributed by atoms with Gasteiger partial charge in [0.25, 0.3) is 0 Å². The summed E-state index contributed by atoms with van der Waals surface area (Å²) in [6.45, 7) is 0.0614. The third-order valence-corrected chi connectivity index (χ3v) is 6.95. The Morgan fingerprint density at radius 2 is 2.11 bits per heavy atom. The fraction of sp³-hybridized carbons (Fsp3) is 0.188. The highest BCUT2D eigenvalue weighted by Gasteiger charge is 2.29. The Morgan fingerprint density at radius 1 is 1.37 bits per heavy atom. The standard InChI is InChI=1S/C16H15FN4O4S2/c1-21-9-10(8-19-21)27(24,25)15-14(11-4-2-3-5-12(11)17)20-13(26-15)6-7-18-16(22)23/h2-5,8-9,18H,6-7H2,1H3,(H,22,23). The van der Waals surface area contributed by atoms with Crippen molar-refractivity contribution in [3.05, 3.63) is 47.5 Å². The van der Waals surface area contributed by atoms with Gasteiger partial charge < -0.3 is 10.4 Å². The molecule has 1 amide bonds. The molecule has 0 aliphatic rings. The van der Waals surface area contributed by atoms with Crippen LogP contribution in [-0.4, -0.2) is 40.9 Å². The average molecular weight is 410 g/mol. The van der Waals surface area contributed by atoms with Crippen molar-refractivity contribution in [2.75, 3.05) is 6.54 Å². The lowest BCUT2D eigenvalue weighted by Crippen LogP contribution is -2.23.